The molecule has 1 atom stereocenters. The summed E-state index contributed by atoms with van der Waals surface area (Å²) >= 11 is 0. The van der Waals surface area contributed by atoms with Gasteiger partial charge in [0.2, 0.25) is 0 Å². The van der Waals surface area contributed by atoms with Crippen LogP contribution in [-0.4, -0.2) is 51.8 Å². The Balaban J connectivity index is 1.78. The zero-order chi connectivity index (χ0) is 15.5. The van der Waals surface area contributed by atoms with Crippen molar-refractivity contribution in [2.45, 2.75) is 64.1 Å². The van der Waals surface area contributed by atoms with E-state index in [1.807, 2.05) is 12.4 Å². The second-order valence-electron chi connectivity index (χ2n) is 6.86. The van der Waals surface area contributed by atoms with Gasteiger partial charge >= 0.3 is 0 Å². The molecule has 0 spiro atoms. The minimum atomic E-state index is -0.151. The number of hydrogen-bond acceptors (Lipinski definition) is 5. The molecule has 0 amide bonds. The fourth-order valence-electron chi connectivity index (χ4n) is 3.67. The third-order valence-electron chi connectivity index (χ3n) is 4.98. The quantitative estimate of drug-likeness (QED) is 0.929. The molecule has 0 aliphatic carbocycles. The van der Waals surface area contributed by atoms with Crippen molar-refractivity contribution in [3.63, 3.8) is 0 Å². The summed E-state index contributed by atoms with van der Waals surface area (Å²) in [5, 5.41) is 9.66. The smallest absolute Gasteiger partial charge is 0.147 e. The third kappa shape index (κ3) is 3.41. The topological polar surface area (TPSA) is 52.5 Å². The summed E-state index contributed by atoms with van der Waals surface area (Å²) in [5.74, 6) is 0.971. The summed E-state index contributed by atoms with van der Waals surface area (Å²) in [6.45, 7) is 7.43. The van der Waals surface area contributed by atoms with Crippen molar-refractivity contribution in [2.75, 3.05) is 24.5 Å². The van der Waals surface area contributed by atoms with Crippen molar-refractivity contribution >= 4 is 5.82 Å². The number of aliphatic hydroxyl groups excluding tert-OH is 1. The first-order valence-corrected chi connectivity index (χ1v) is 8.66. The zero-order valence-electron chi connectivity index (χ0n) is 13.8. The van der Waals surface area contributed by atoms with Crippen molar-refractivity contribution in [1.82, 2.24) is 14.9 Å². The van der Waals surface area contributed by atoms with Gasteiger partial charge in [-0.25, -0.2) is 4.98 Å². The van der Waals surface area contributed by atoms with Crippen LogP contribution < -0.4 is 4.90 Å². The molecule has 0 radical (unpaired) electrons. The molecule has 0 bridgehead atoms. The van der Waals surface area contributed by atoms with Crippen LogP contribution in [0.1, 0.15) is 57.7 Å². The lowest BCUT2D eigenvalue weighted by Crippen LogP contribution is -2.39. The highest BCUT2D eigenvalue weighted by molar-refractivity contribution is 5.37. The van der Waals surface area contributed by atoms with Crippen LogP contribution in [0.4, 0.5) is 5.82 Å². The Morgan fingerprint density at radius 3 is 2.59 bits per heavy atom. The van der Waals surface area contributed by atoms with Crippen LogP contribution in [0.2, 0.25) is 0 Å². The fraction of sp³-hybridized carbons (Fsp3) is 0.765. The van der Waals surface area contributed by atoms with E-state index in [2.05, 4.69) is 28.6 Å². The molecule has 5 nitrogen and oxygen atoms in total. The molecule has 1 N–H and O–H groups in total. The number of likely N-dealkylation sites (tertiary alicyclic amines) is 1. The van der Waals surface area contributed by atoms with Crippen LogP contribution in [-0.2, 0) is 0 Å². The Labute approximate surface area is 133 Å². The van der Waals surface area contributed by atoms with Gasteiger partial charge in [-0.15, -0.1) is 0 Å². The Hall–Kier alpha value is -1.20. The summed E-state index contributed by atoms with van der Waals surface area (Å²) in [4.78, 5) is 14.2. The van der Waals surface area contributed by atoms with Gasteiger partial charge in [0, 0.05) is 19.1 Å². The first kappa shape index (κ1) is 15.7. The lowest BCUT2D eigenvalue weighted by Gasteiger charge is -2.38. The summed E-state index contributed by atoms with van der Waals surface area (Å²) < 4.78 is 0. The Kier molecular flexibility index (Phi) is 4.93. The molecule has 3 heterocycles. The van der Waals surface area contributed by atoms with Gasteiger partial charge in [0.1, 0.15) is 5.82 Å². The largest absolute Gasteiger partial charge is 0.393 e. The van der Waals surface area contributed by atoms with Crippen molar-refractivity contribution in [3.05, 3.63) is 18.1 Å². The van der Waals surface area contributed by atoms with Crippen molar-refractivity contribution in [3.8, 4) is 0 Å². The van der Waals surface area contributed by atoms with Gasteiger partial charge in [-0.3, -0.25) is 9.88 Å². The molecule has 3 rings (SSSR count). The van der Waals surface area contributed by atoms with Crippen LogP contribution in [0.3, 0.4) is 0 Å². The fourth-order valence-corrected chi connectivity index (χ4v) is 3.67. The van der Waals surface area contributed by atoms with E-state index in [4.69, 9.17) is 4.98 Å². The number of anilines is 1. The van der Waals surface area contributed by atoms with Gasteiger partial charge in [-0.2, -0.15) is 0 Å². The van der Waals surface area contributed by atoms with Crippen LogP contribution in [0.25, 0.3) is 0 Å². The van der Waals surface area contributed by atoms with E-state index in [-0.39, 0.29) is 6.10 Å². The zero-order valence-corrected chi connectivity index (χ0v) is 13.8. The predicted octanol–water partition coefficient (Wildman–Crippen LogP) is 2.37. The monoisotopic (exact) mass is 304 g/mol. The number of rotatable bonds is 3. The summed E-state index contributed by atoms with van der Waals surface area (Å²) in [6, 6.07) is 0.942. The number of nitrogens with zero attached hydrogens (tertiary/aromatic N) is 4. The van der Waals surface area contributed by atoms with Gasteiger partial charge in [0.05, 0.1) is 30.2 Å². The maximum atomic E-state index is 9.66. The van der Waals surface area contributed by atoms with E-state index in [1.165, 1.54) is 19.3 Å². The molecule has 1 aromatic heterocycles. The highest BCUT2D eigenvalue weighted by Crippen LogP contribution is 2.32. The van der Waals surface area contributed by atoms with Crippen LogP contribution in [0, 0.1) is 0 Å². The normalized spacial score (nSPS) is 24.9. The van der Waals surface area contributed by atoms with Gasteiger partial charge in [0.25, 0.3) is 0 Å². The molecular formula is C17H28N4O. The number of hydrogen-bond donors (Lipinski definition) is 1. The molecule has 2 aliphatic rings. The molecule has 122 valence electrons. The van der Waals surface area contributed by atoms with Crippen molar-refractivity contribution in [2.24, 2.45) is 0 Å². The van der Waals surface area contributed by atoms with Gasteiger partial charge < -0.3 is 10.0 Å². The van der Waals surface area contributed by atoms with Gasteiger partial charge in [-0.05, 0) is 46.1 Å². The molecule has 2 aliphatic heterocycles. The second kappa shape index (κ2) is 6.92. The lowest BCUT2D eigenvalue weighted by molar-refractivity contribution is 0.109. The molecule has 1 unspecified atom stereocenters. The molecule has 1 aromatic rings. The molecule has 0 aromatic carbocycles. The van der Waals surface area contributed by atoms with Crippen LogP contribution in [0.5, 0.6) is 0 Å². The van der Waals surface area contributed by atoms with Crippen molar-refractivity contribution < 1.29 is 5.11 Å². The van der Waals surface area contributed by atoms with Gasteiger partial charge in [-0.1, -0.05) is 6.42 Å². The first-order chi connectivity index (χ1) is 10.6. The lowest BCUT2D eigenvalue weighted by atomic mass is 9.98. The molecule has 2 fully saturated rings. The maximum Gasteiger partial charge on any atom is 0.147 e. The highest BCUT2D eigenvalue weighted by Gasteiger charge is 2.28. The SMILES string of the molecule is CC(C)N1CCCCC1c1cncc(N2CCC(O)CC2)n1. The second-order valence-corrected chi connectivity index (χ2v) is 6.86. The van der Waals surface area contributed by atoms with E-state index < -0.39 is 0 Å². The van der Waals surface area contributed by atoms with Crippen LogP contribution in [0.15, 0.2) is 12.4 Å². The van der Waals surface area contributed by atoms with E-state index in [0.29, 0.717) is 12.1 Å². The summed E-state index contributed by atoms with van der Waals surface area (Å²) in [6.07, 6.45) is 9.04. The van der Waals surface area contributed by atoms with Gasteiger partial charge in [0.15, 0.2) is 0 Å². The summed E-state index contributed by atoms with van der Waals surface area (Å²) in [7, 11) is 0. The maximum absolute atomic E-state index is 9.66. The van der Waals surface area contributed by atoms with E-state index in [9.17, 15) is 5.11 Å². The third-order valence-corrected chi connectivity index (χ3v) is 4.98. The van der Waals surface area contributed by atoms with Crippen molar-refractivity contribution in [1.29, 1.82) is 0 Å². The number of aromatic nitrogens is 2. The standard InChI is InChI=1S/C17H28N4O/c1-13(2)21-8-4-3-5-16(21)15-11-18-12-17(19-15)20-9-6-14(22)7-10-20/h11-14,16,22H,3-10H2,1-2H3. The van der Waals surface area contributed by atoms with Crippen LogP contribution >= 0.6 is 0 Å². The first-order valence-electron chi connectivity index (χ1n) is 8.66. The van der Waals surface area contributed by atoms with E-state index >= 15 is 0 Å². The molecule has 22 heavy (non-hydrogen) atoms. The molecule has 0 saturated carbocycles. The Morgan fingerprint density at radius 2 is 1.86 bits per heavy atom. The minimum Gasteiger partial charge on any atom is -0.393 e. The van der Waals surface area contributed by atoms with E-state index in [1.54, 1.807) is 0 Å². The molecule has 5 heteroatoms. The molecule has 2 saturated heterocycles. The Morgan fingerprint density at radius 1 is 1.09 bits per heavy atom. The molecular weight excluding hydrogens is 276 g/mol. The Bertz CT molecular complexity index is 485. The van der Waals surface area contributed by atoms with E-state index in [0.717, 1.165) is 44.0 Å². The number of aliphatic hydroxyl groups is 1. The minimum absolute atomic E-state index is 0.151. The highest BCUT2D eigenvalue weighted by atomic mass is 16.3. The predicted molar refractivity (Wildman–Crippen MR) is 87.9 cm³/mol. The average molecular weight is 304 g/mol. The number of piperidine rings is 2. The average Bonchev–Trinajstić information content (AvgIpc) is 2.55. The summed E-state index contributed by atoms with van der Waals surface area (Å²) in [5.41, 5.74) is 1.11.